The number of hydrogen-bond donors (Lipinski definition) is 0. The lowest BCUT2D eigenvalue weighted by atomic mass is 10.1. The predicted molar refractivity (Wildman–Crippen MR) is 52.5 cm³/mol. The molecule has 0 aromatic carbocycles. The summed E-state index contributed by atoms with van der Waals surface area (Å²) in [6.45, 7) is 9.00. The van der Waals surface area contributed by atoms with Crippen LogP contribution < -0.4 is 0 Å². The molecule has 0 aromatic rings. The molecule has 2 nitrogen and oxygen atoms in total. The monoisotopic (exact) mass is 168 g/mol. The molecular formula is C10H20N2. The molecule has 0 saturated carbocycles. The number of rotatable bonds is 2. The summed E-state index contributed by atoms with van der Waals surface area (Å²) < 4.78 is 0. The van der Waals surface area contributed by atoms with E-state index in [-0.39, 0.29) is 0 Å². The smallest absolute Gasteiger partial charge is 0.103 e. The molecule has 0 aromatic heterocycles. The zero-order valence-electron chi connectivity index (χ0n) is 8.78. The van der Waals surface area contributed by atoms with Crippen LogP contribution in [0.2, 0.25) is 0 Å². The third kappa shape index (κ3) is 1.57. The fourth-order valence-electron chi connectivity index (χ4n) is 1.86. The second kappa shape index (κ2) is 3.38. The molecule has 1 rings (SSSR count). The Hall–Kier alpha value is -0.660. The van der Waals surface area contributed by atoms with Gasteiger partial charge in [-0.3, -0.25) is 0 Å². The van der Waals surface area contributed by atoms with Crippen molar-refractivity contribution in [3.05, 3.63) is 12.4 Å². The summed E-state index contributed by atoms with van der Waals surface area (Å²) in [6.07, 6.45) is 4.89. The van der Waals surface area contributed by atoms with Gasteiger partial charge >= 0.3 is 0 Å². The molecule has 0 saturated heterocycles. The molecule has 0 radical (unpaired) electrons. The Morgan fingerprint density at radius 1 is 1.08 bits per heavy atom. The number of nitrogens with zero attached hydrogens (tertiary/aromatic N) is 2. The average Bonchev–Trinajstić information content (AvgIpc) is 2.30. The van der Waals surface area contributed by atoms with Crippen LogP contribution in [0.15, 0.2) is 12.4 Å². The maximum Gasteiger partial charge on any atom is 0.103 e. The van der Waals surface area contributed by atoms with Crippen LogP contribution >= 0.6 is 0 Å². The van der Waals surface area contributed by atoms with Crippen molar-refractivity contribution >= 4 is 0 Å². The van der Waals surface area contributed by atoms with E-state index in [0.717, 1.165) is 0 Å². The normalized spacial score (nSPS) is 23.4. The van der Waals surface area contributed by atoms with Gasteiger partial charge in [0.25, 0.3) is 0 Å². The Morgan fingerprint density at radius 2 is 1.67 bits per heavy atom. The summed E-state index contributed by atoms with van der Waals surface area (Å²) in [7, 11) is 2.14. The molecule has 1 unspecified atom stereocenters. The van der Waals surface area contributed by atoms with Gasteiger partial charge in [0.1, 0.15) is 6.17 Å². The summed E-state index contributed by atoms with van der Waals surface area (Å²) in [5.41, 5.74) is 0. The molecule has 0 N–H and O–H groups in total. The molecule has 1 heterocycles. The van der Waals surface area contributed by atoms with Gasteiger partial charge in [0.15, 0.2) is 0 Å². The summed E-state index contributed by atoms with van der Waals surface area (Å²) in [4.78, 5) is 4.69. The topological polar surface area (TPSA) is 6.48 Å². The molecule has 0 amide bonds. The molecular weight excluding hydrogens is 148 g/mol. The summed E-state index contributed by atoms with van der Waals surface area (Å²) >= 11 is 0. The van der Waals surface area contributed by atoms with Gasteiger partial charge < -0.3 is 9.80 Å². The van der Waals surface area contributed by atoms with Crippen LogP contribution in [-0.4, -0.2) is 29.1 Å². The van der Waals surface area contributed by atoms with Crippen LogP contribution in [0.1, 0.15) is 27.7 Å². The van der Waals surface area contributed by atoms with Crippen LogP contribution in [0.4, 0.5) is 0 Å². The van der Waals surface area contributed by atoms with Crippen molar-refractivity contribution in [2.45, 2.75) is 39.9 Å². The van der Waals surface area contributed by atoms with Gasteiger partial charge in [0, 0.05) is 25.5 Å². The Kier molecular flexibility index (Phi) is 2.65. The van der Waals surface area contributed by atoms with Gasteiger partial charge in [-0.2, -0.15) is 0 Å². The average molecular weight is 168 g/mol. The Balaban J connectivity index is 2.69. The quantitative estimate of drug-likeness (QED) is 0.623. The van der Waals surface area contributed by atoms with E-state index >= 15 is 0 Å². The minimum absolute atomic E-state index is 0.546. The molecule has 1 atom stereocenters. The Morgan fingerprint density at radius 3 is 2.00 bits per heavy atom. The lowest BCUT2D eigenvalue weighted by Crippen LogP contribution is -2.43. The molecule has 0 spiro atoms. The van der Waals surface area contributed by atoms with Gasteiger partial charge in [-0.25, -0.2) is 0 Å². The zero-order valence-corrected chi connectivity index (χ0v) is 8.78. The zero-order chi connectivity index (χ0) is 9.30. The van der Waals surface area contributed by atoms with E-state index in [1.165, 1.54) is 0 Å². The van der Waals surface area contributed by atoms with E-state index < -0.39 is 0 Å². The third-order valence-corrected chi connectivity index (χ3v) is 2.39. The van der Waals surface area contributed by atoms with Crippen LogP contribution in [0, 0.1) is 5.92 Å². The van der Waals surface area contributed by atoms with Crippen LogP contribution in [0.3, 0.4) is 0 Å². The van der Waals surface area contributed by atoms with E-state index in [0.29, 0.717) is 18.1 Å². The standard InChI is InChI=1S/C10H20N2/c1-8(2)10-11(5)6-7-12(10)9(3)4/h6-10H,1-5H3. The van der Waals surface area contributed by atoms with E-state index in [1.54, 1.807) is 0 Å². The fraction of sp³-hybridized carbons (Fsp3) is 0.800. The van der Waals surface area contributed by atoms with Crippen LogP contribution in [-0.2, 0) is 0 Å². The molecule has 2 heteroatoms. The van der Waals surface area contributed by atoms with Crippen molar-refractivity contribution in [2.75, 3.05) is 7.05 Å². The first kappa shape index (κ1) is 9.43. The van der Waals surface area contributed by atoms with E-state index in [2.05, 4.69) is 56.9 Å². The first-order valence-corrected chi connectivity index (χ1v) is 4.71. The van der Waals surface area contributed by atoms with E-state index in [1.807, 2.05) is 0 Å². The Bertz CT molecular complexity index is 173. The SMILES string of the molecule is CC(C)C1N(C)C=CN1C(C)C. The van der Waals surface area contributed by atoms with Crippen molar-refractivity contribution < 1.29 is 0 Å². The predicted octanol–water partition coefficient (Wildman–Crippen LogP) is 2.10. The molecule has 0 fully saturated rings. The third-order valence-electron chi connectivity index (χ3n) is 2.39. The molecule has 1 aliphatic heterocycles. The molecule has 70 valence electrons. The van der Waals surface area contributed by atoms with Gasteiger partial charge in [-0.05, 0) is 19.8 Å². The fourth-order valence-corrected chi connectivity index (χ4v) is 1.86. The van der Waals surface area contributed by atoms with Crippen molar-refractivity contribution in [1.29, 1.82) is 0 Å². The highest BCUT2D eigenvalue weighted by Gasteiger charge is 2.27. The molecule has 1 aliphatic rings. The van der Waals surface area contributed by atoms with Crippen molar-refractivity contribution in [2.24, 2.45) is 5.92 Å². The van der Waals surface area contributed by atoms with Gasteiger partial charge in [-0.15, -0.1) is 0 Å². The highest BCUT2D eigenvalue weighted by molar-refractivity contribution is 4.97. The second-order valence-corrected chi connectivity index (χ2v) is 4.16. The lowest BCUT2D eigenvalue weighted by Gasteiger charge is -2.36. The highest BCUT2D eigenvalue weighted by atomic mass is 15.4. The highest BCUT2D eigenvalue weighted by Crippen LogP contribution is 2.22. The van der Waals surface area contributed by atoms with Gasteiger partial charge in [0.2, 0.25) is 0 Å². The molecule has 0 aliphatic carbocycles. The van der Waals surface area contributed by atoms with E-state index in [4.69, 9.17) is 0 Å². The number of hydrogen-bond acceptors (Lipinski definition) is 2. The van der Waals surface area contributed by atoms with Gasteiger partial charge in [-0.1, -0.05) is 13.8 Å². The summed E-state index contributed by atoms with van der Waals surface area (Å²) in [5, 5.41) is 0. The van der Waals surface area contributed by atoms with Crippen molar-refractivity contribution in [1.82, 2.24) is 9.80 Å². The first-order valence-electron chi connectivity index (χ1n) is 4.71. The van der Waals surface area contributed by atoms with Crippen molar-refractivity contribution in [3.63, 3.8) is 0 Å². The second-order valence-electron chi connectivity index (χ2n) is 4.16. The maximum absolute atomic E-state index is 2.41. The molecule has 0 bridgehead atoms. The van der Waals surface area contributed by atoms with Gasteiger partial charge in [0.05, 0.1) is 0 Å². The van der Waals surface area contributed by atoms with Crippen LogP contribution in [0.25, 0.3) is 0 Å². The minimum atomic E-state index is 0.546. The Labute approximate surface area is 75.8 Å². The summed E-state index contributed by atoms with van der Waals surface area (Å²) in [5.74, 6) is 0.674. The van der Waals surface area contributed by atoms with E-state index in [9.17, 15) is 0 Å². The van der Waals surface area contributed by atoms with Crippen LogP contribution in [0.5, 0.6) is 0 Å². The van der Waals surface area contributed by atoms with Crippen molar-refractivity contribution in [3.8, 4) is 0 Å². The largest absolute Gasteiger partial charge is 0.359 e. The lowest BCUT2D eigenvalue weighted by molar-refractivity contribution is 0.103. The first-order chi connectivity index (χ1) is 5.54. The minimum Gasteiger partial charge on any atom is -0.359 e. The molecule has 12 heavy (non-hydrogen) atoms. The summed E-state index contributed by atoms with van der Waals surface area (Å²) in [6, 6.07) is 0.596. The maximum atomic E-state index is 2.41.